The lowest BCUT2D eigenvalue weighted by atomic mass is 10.2. The van der Waals surface area contributed by atoms with Crippen LogP contribution in [0.4, 0.5) is 37.8 Å². The molecule has 1 saturated heterocycles. The van der Waals surface area contributed by atoms with E-state index in [0.29, 0.717) is 18.0 Å². The molecule has 15 heteroatoms. The number of aliphatic imine (C=N–C) groups is 2. The highest BCUT2D eigenvalue weighted by atomic mass is 19.4. The van der Waals surface area contributed by atoms with Gasteiger partial charge in [-0.1, -0.05) is 18.2 Å². The van der Waals surface area contributed by atoms with Gasteiger partial charge < -0.3 is 14.7 Å². The molecule has 1 aromatic carbocycles. The third kappa shape index (κ3) is 7.93. The number of halogens is 6. The van der Waals surface area contributed by atoms with E-state index < -0.39 is 29.0 Å². The smallest absolute Gasteiger partial charge is 0.339 e. The summed E-state index contributed by atoms with van der Waals surface area (Å²) < 4.78 is 78.0. The maximum Gasteiger partial charge on any atom is 0.421 e. The summed E-state index contributed by atoms with van der Waals surface area (Å²) in [6, 6.07) is 9.13. The highest BCUT2D eigenvalue weighted by Crippen LogP contribution is 2.30. The Morgan fingerprint density at radius 2 is 1.73 bits per heavy atom. The SMILES string of the molecule is C=NC(=N/C=C(\C)C(F)(F)F)N1CCN(C(=O)CCCN(c2ccccc2)c2cc(C(F)(F)F)c(=O)[nH]n2)CC1. The maximum absolute atomic E-state index is 13.3. The highest BCUT2D eigenvalue weighted by molar-refractivity contribution is 5.85. The number of rotatable bonds is 7. The molecule has 3 rings (SSSR count). The normalized spacial score (nSPS) is 15.3. The summed E-state index contributed by atoms with van der Waals surface area (Å²) in [6.45, 7) is 5.48. The number of nitrogens with zero attached hydrogens (tertiary/aromatic N) is 6. The lowest BCUT2D eigenvalue weighted by Crippen LogP contribution is -2.50. The average molecular weight is 572 g/mol. The lowest BCUT2D eigenvalue weighted by Gasteiger charge is -2.35. The van der Waals surface area contributed by atoms with E-state index in [9.17, 15) is 35.9 Å². The summed E-state index contributed by atoms with van der Waals surface area (Å²) in [6.07, 6.45) is -8.36. The number of nitrogens with one attached hydrogen (secondary N) is 1. The van der Waals surface area contributed by atoms with Crippen molar-refractivity contribution in [3.05, 3.63) is 64.1 Å². The number of guanidine groups is 1. The van der Waals surface area contributed by atoms with Crippen LogP contribution in [-0.2, 0) is 11.0 Å². The van der Waals surface area contributed by atoms with E-state index in [-0.39, 0.29) is 63.3 Å². The second-order valence-electron chi connectivity index (χ2n) is 8.82. The van der Waals surface area contributed by atoms with Crippen molar-refractivity contribution in [3.8, 4) is 0 Å². The Hall–Kier alpha value is -4.17. The van der Waals surface area contributed by atoms with E-state index in [2.05, 4.69) is 21.8 Å². The zero-order chi connectivity index (χ0) is 29.5. The Labute approximate surface area is 225 Å². The second kappa shape index (κ2) is 12.8. The molecule has 2 aromatic rings. The molecule has 1 fully saturated rings. The van der Waals surface area contributed by atoms with Gasteiger partial charge in [0.25, 0.3) is 5.56 Å². The van der Waals surface area contributed by atoms with Gasteiger partial charge in [0.15, 0.2) is 5.82 Å². The van der Waals surface area contributed by atoms with Crippen LogP contribution in [0.3, 0.4) is 0 Å². The Morgan fingerprint density at radius 3 is 2.30 bits per heavy atom. The van der Waals surface area contributed by atoms with Crippen molar-refractivity contribution in [1.82, 2.24) is 20.0 Å². The quantitative estimate of drug-likeness (QED) is 0.303. The molecule has 216 valence electrons. The molecule has 0 aliphatic carbocycles. The van der Waals surface area contributed by atoms with E-state index >= 15 is 0 Å². The summed E-state index contributed by atoms with van der Waals surface area (Å²) in [4.78, 5) is 36.7. The van der Waals surface area contributed by atoms with Crippen LogP contribution in [0.1, 0.15) is 25.3 Å². The van der Waals surface area contributed by atoms with Crippen LogP contribution in [0.5, 0.6) is 0 Å². The topological polar surface area (TPSA) is 97.3 Å². The predicted molar refractivity (Wildman–Crippen MR) is 137 cm³/mol. The van der Waals surface area contributed by atoms with Gasteiger partial charge in [0.2, 0.25) is 11.9 Å². The maximum atomic E-state index is 13.3. The molecule has 1 aromatic heterocycles. The molecule has 1 amide bonds. The summed E-state index contributed by atoms with van der Waals surface area (Å²) in [7, 11) is 0. The number of carbonyl (C=O) groups is 1. The van der Waals surface area contributed by atoms with Crippen LogP contribution in [0.25, 0.3) is 0 Å². The van der Waals surface area contributed by atoms with Gasteiger partial charge in [-0.05, 0) is 32.2 Å². The number of H-pyrrole nitrogens is 1. The van der Waals surface area contributed by atoms with Crippen LogP contribution < -0.4 is 10.5 Å². The summed E-state index contributed by atoms with van der Waals surface area (Å²) >= 11 is 0. The second-order valence-corrected chi connectivity index (χ2v) is 8.82. The number of amides is 1. The molecule has 1 aliphatic heterocycles. The first-order valence-electron chi connectivity index (χ1n) is 12.1. The predicted octanol–water partition coefficient (Wildman–Crippen LogP) is 4.37. The minimum atomic E-state index is -4.87. The zero-order valence-corrected chi connectivity index (χ0v) is 21.5. The van der Waals surface area contributed by atoms with Crippen molar-refractivity contribution in [2.75, 3.05) is 37.6 Å². The lowest BCUT2D eigenvalue weighted by molar-refractivity contribution is -0.138. The van der Waals surface area contributed by atoms with Gasteiger partial charge in [-0.3, -0.25) is 9.59 Å². The molecule has 40 heavy (non-hydrogen) atoms. The molecule has 1 aliphatic rings. The van der Waals surface area contributed by atoms with Crippen molar-refractivity contribution in [3.63, 3.8) is 0 Å². The fraction of sp³-hybridized carbons (Fsp3) is 0.400. The van der Waals surface area contributed by atoms with Gasteiger partial charge >= 0.3 is 12.4 Å². The van der Waals surface area contributed by atoms with Crippen LogP contribution in [-0.4, -0.2) is 77.5 Å². The standard InChI is InChI=1S/C25H27F6N7O2/c1-17(24(26,27)28)16-33-23(32-2)37-13-11-36(12-14-37)21(39)9-6-10-38(18-7-4-3-5-8-18)20-15-19(25(29,30)31)22(40)35-34-20/h3-5,7-8,15-16H,2,6,9-14H2,1H3,(H,35,40)/b17-16+,33-23?. The summed E-state index contributed by atoms with van der Waals surface area (Å²) in [5.74, 6) is -0.311. The zero-order valence-electron chi connectivity index (χ0n) is 21.5. The molecule has 9 nitrogen and oxygen atoms in total. The van der Waals surface area contributed by atoms with Gasteiger partial charge in [0.1, 0.15) is 5.56 Å². The van der Waals surface area contributed by atoms with E-state index in [1.165, 1.54) is 4.90 Å². The van der Waals surface area contributed by atoms with Crippen LogP contribution in [0.2, 0.25) is 0 Å². The summed E-state index contributed by atoms with van der Waals surface area (Å²) in [5.41, 5.74) is -3.10. The fourth-order valence-corrected chi connectivity index (χ4v) is 3.88. The minimum Gasteiger partial charge on any atom is -0.339 e. The van der Waals surface area contributed by atoms with Crippen molar-refractivity contribution in [1.29, 1.82) is 0 Å². The Kier molecular flexibility index (Phi) is 9.71. The number of para-hydroxylation sites is 1. The molecule has 0 radical (unpaired) electrons. The number of alkyl halides is 6. The molecule has 0 unspecified atom stereocenters. The molecular weight excluding hydrogens is 544 g/mol. The molecule has 0 bridgehead atoms. The monoisotopic (exact) mass is 571 g/mol. The van der Waals surface area contributed by atoms with E-state index in [1.807, 2.05) is 5.10 Å². The molecule has 0 saturated carbocycles. The van der Waals surface area contributed by atoms with Gasteiger partial charge in [0.05, 0.1) is 0 Å². The molecular formula is C25H27F6N7O2. The van der Waals surface area contributed by atoms with Gasteiger partial charge in [0, 0.05) is 62.7 Å². The fourth-order valence-electron chi connectivity index (χ4n) is 3.88. The minimum absolute atomic E-state index is 0.0147. The van der Waals surface area contributed by atoms with E-state index in [0.717, 1.165) is 6.92 Å². The number of anilines is 2. The highest BCUT2D eigenvalue weighted by Gasteiger charge is 2.35. The molecule has 1 N–H and O–H groups in total. The number of allylic oxidation sites excluding steroid dienone is 1. The van der Waals surface area contributed by atoms with Crippen LogP contribution in [0.15, 0.2) is 63.0 Å². The number of carbonyl (C=O) groups excluding carboxylic acids is 1. The van der Waals surface area contributed by atoms with Crippen LogP contribution in [0, 0.1) is 0 Å². The van der Waals surface area contributed by atoms with Crippen molar-refractivity contribution in [2.45, 2.75) is 32.1 Å². The number of benzene rings is 1. The largest absolute Gasteiger partial charge is 0.421 e. The number of piperazine rings is 1. The number of hydrogen-bond acceptors (Lipinski definition) is 5. The van der Waals surface area contributed by atoms with Crippen molar-refractivity contribution >= 4 is 30.1 Å². The Bertz CT molecular complexity index is 1300. The average Bonchev–Trinajstić information content (AvgIpc) is 2.91. The van der Waals surface area contributed by atoms with Crippen molar-refractivity contribution < 1.29 is 31.1 Å². The van der Waals surface area contributed by atoms with Gasteiger partial charge in [-0.15, -0.1) is 0 Å². The summed E-state index contributed by atoms with van der Waals surface area (Å²) in [5, 5.41) is 5.67. The Morgan fingerprint density at radius 1 is 1.10 bits per heavy atom. The molecule has 2 heterocycles. The third-order valence-electron chi connectivity index (χ3n) is 6.09. The van der Waals surface area contributed by atoms with Crippen LogP contribution >= 0.6 is 0 Å². The number of hydrogen-bond donors (Lipinski definition) is 1. The molecule has 0 spiro atoms. The van der Waals surface area contributed by atoms with Gasteiger partial charge in [-0.2, -0.15) is 31.4 Å². The Balaban J connectivity index is 1.63. The van der Waals surface area contributed by atoms with E-state index in [4.69, 9.17) is 0 Å². The first-order chi connectivity index (χ1) is 18.8. The first-order valence-corrected chi connectivity index (χ1v) is 12.1. The number of aromatic nitrogens is 2. The van der Waals surface area contributed by atoms with E-state index in [1.54, 1.807) is 40.1 Å². The number of aromatic amines is 1. The first kappa shape index (κ1) is 30.4. The third-order valence-corrected chi connectivity index (χ3v) is 6.09. The molecule has 0 atom stereocenters. The van der Waals surface area contributed by atoms with Crippen molar-refractivity contribution in [2.24, 2.45) is 9.98 Å². The van der Waals surface area contributed by atoms with Gasteiger partial charge in [-0.25, -0.2) is 15.1 Å².